The molecule has 1 N–H and O–H groups in total. The fourth-order valence-corrected chi connectivity index (χ4v) is 2.88. The molecule has 0 spiro atoms. The van der Waals surface area contributed by atoms with Gasteiger partial charge in [0.25, 0.3) is 0 Å². The summed E-state index contributed by atoms with van der Waals surface area (Å²) in [6, 6.07) is 14.0. The minimum atomic E-state index is -0.182. The van der Waals surface area contributed by atoms with Crippen LogP contribution in [0.1, 0.15) is 5.56 Å². The molecule has 0 amide bonds. The van der Waals surface area contributed by atoms with Crippen molar-refractivity contribution in [3.05, 3.63) is 48.0 Å². The van der Waals surface area contributed by atoms with Gasteiger partial charge in [0.2, 0.25) is 0 Å². The standard InChI is InChI=1S/C13H10NOS/c15-8-9-4-3-7-12-13(9)14-10-5-1-2-6-11(10)16-12/h1-7,14H,8H2. The number of anilines is 2. The first-order chi connectivity index (χ1) is 7.88. The summed E-state index contributed by atoms with van der Waals surface area (Å²) in [5, 5.41) is 14.4. The number of hydrogen-bond acceptors (Lipinski definition) is 2. The zero-order valence-corrected chi connectivity index (χ0v) is 9.38. The Morgan fingerprint density at radius 2 is 1.81 bits per heavy atom. The van der Waals surface area contributed by atoms with Crippen LogP contribution in [0.3, 0.4) is 0 Å². The second-order valence-corrected chi connectivity index (χ2v) is 4.74. The van der Waals surface area contributed by atoms with Gasteiger partial charge in [-0.25, -0.2) is 5.11 Å². The van der Waals surface area contributed by atoms with Crippen LogP contribution >= 0.6 is 11.8 Å². The first-order valence-corrected chi connectivity index (χ1v) is 5.94. The van der Waals surface area contributed by atoms with Gasteiger partial charge in [-0.15, -0.1) is 0 Å². The summed E-state index contributed by atoms with van der Waals surface area (Å²) >= 11 is 1.71. The molecular weight excluding hydrogens is 218 g/mol. The van der Waals surface area contributed by atoms with Crippen molar-refractivity contribution in [2.45, 2.75) is 16.4 Å². The van der Waals surface area contributed by atoms with Gasteiger partial charge in [-0.2, -0.15) is 0 Å². The molecule has 1 aliphatic rings. The highest BCUT2D eigenvalue weighted by atomic mass is 32.2. The lowest BCUT2D eigenvalue weighted by molar-refractivity contribution is 0.178. The van der Waals surface area contributed by atoms with Crippen molar-refractivity contribution in [3.63, 3.8) is 0 Å². The molecule has 0 saturated carbocycles. The molecular formula is C13H10NOS. The lowest BCUT2D eigenvalue weighted by Gasteiger charge is -2.22. The van der Waals surface area contributed by atoms with Gasteiger partial charge in [0.1, 0.15) is 6.61 Å². The zero-order chi connectivity index (χ0) is 11.0. The Kier molecular flexibility index (Phi) is 2.35. The van der Waals surface area contributed by atoms with Gasteiger partial charge in [0.05, 0.1) is 11.4 Å². The summed E-state index contributed by atoms with van der Waals surface area (Å²) < 4.78 is 0. The van der Waals surface area contributed by atoms with Crippen molar-refractivity contribution >= 4 is 23.1 Å². The van der Waals surface area contributed by atoms with E-state index in [9.17, 15) is 5.11 Å². The van der Waals surface area contributed by atoms with E-state index >= 15 is 0 Å². The van der Waals surface area contributed by atoms with Crippen LogP contribution in [0, 0.1) is 0 Å². The van der Waals surface area contributed by atoms with Crippen LogP contribution in [0.15, 0.2) is 52.3 Å². The van der Waals surface area contributed by atoms with E-state index in [1.807, 2.05) is 36.4 Å². The van der Waals surface area contributed by atoms with Crippen LogP contribution < -0.4 is 5.32 Å². The molecule has 0 fully saturated rings. The molecule has 0 atom stereocenters. The van der Waals surface area contributed by atoms with E-state index in [1.54, 1.807) is 11.8 Å². The van der Waals surface area contributed by atoms with Crippen LogP contribution in [-0.4, -0.2) is 0 Å². The average Bonchev–Trinajstić information content (AvgIpc) is 2.35. The molecule has 16 heavy (non-hydrogen) atoms. The molecule has 0 bridgehead atoms. The van der Waals surface area contributed by atoms with E-state index in [2.05, 4.69) is 11.4 Å². The molecule has 1 radical (unpaired) electrons. The molecule has 3 heteroatoms. The first kappa shape index (κ1) is 9.75. The van der Waals surface area contributed by atoms with Gasteiger partial charge in [0, 0.05) is 15.4 Å². The Hall–Kier alpha value is -1.45. The first-order valence-electron chi connectivity index (χ1n) is 5.12. The average molecular weight is 228 g/mol. The predicted molar refractivity (Wildman–Crippen MR) is 64.7 cm³/mol. The second kappa shape index (κ2) is 3.85. The Bertz CT molecular complexity index is 539. The van der Waals surface area contributed by atoms with E-state index in [1.165, 1.54) is 4.90 Å². The van der Waals surface area contributed by atoms with Gasteiger partial charge in [0.15, 0.2) is 0 Å². The lowest BCUT2D eigenvalue weighted by atomic mass is 10.1. The summed E-state index contributed by atoms with van der Waals surface area (Å²) in [5.41, 5.74) is 2.89. The topological polar surface area (TPSA) is 31.9 Å². The maximum Gasteiger partial charge on any atom is 0.109 e. The normalized spacial score (nSPS) is 12.6. The molecule has 2 aromatic rings. The number of benzene rings is 2. The predicted octanol–water partition coefficient (Wildman–Crippen LogP) is 3.83. The third kappa shape index (κ3) is 1.49. The maximum absolute atomic E-state index is 11.1. The molecule has 1 aliphatic heterocycles. The maximum atomic E-state index is 11.1. The monoisotopic (exact) mass is 228 g/mol. The summed E-state index contributed by atoms with van der Waals surface area (Å²) in [5.74, 6) is 0. The van der Waals surface area contributed by atoms with Gasteiger partial charge < -0.3 is 5.32 Å². The largest absolute Gasteiger partial charge is 0.353 e. The van der Waals surface area contributed by atoms with E-state index < -0.39 is 0 Å². The fraction of sp³-hybridized carbons (Fsp3) is 0.0769. The number of hydrogen-bond donors (Lipinski definition) is 1. The Morgan fingerprint density at radius 1 is 1.00 bits per heavy atom. The Labute approximate surface area is 98.3 Å². The van der Waals surface area contributed by atoms with Crippen molar-refractivity contribution in [2.24, 2.45) is 0 Å². The highest BCUT2D eigenvalue weighted by molar-refractivity contribution is 7.99. The van der Waals surface area contributed by atoms with Gasteiger partial charge in [-0.1, -0.05) is 36.0 Å². The second-order valence-electron chi connectivity index (χ2n) is 3.66. The molecule has 0 saturated heterocycles. The van der Waals surface area contributed by atoms with Crippen molar-refractivity contribution in [3.8, 4) is 0 Å². The van der Waals surface area contributed by atoms with E-state index in [0.29, 0.717) is 0 Å². The lowest BCUT2D eigenvalue weighted by Crippen LogP contribution is -2.02. The van der Waals surface area contributed by atoms with Crippen molar-refractivity contribution in [1.82, 2.24) is 0 Å². The summed E-state index contributed by atoms with van der Waals surface area (Å²) in [7, 11) is 0. The van der Waals surface area contributed by atoms with Gasteiger partial charge in [-0.3, -0.25) is 0 Å². The minimum absolute atomic E-state index is 0.182. The van der Waals surface area contributed by atoms with Crippen LogP contribution in [0.25, 0.3) is 0 Å². The third-order valence-electron chi connectivity index (χ3n) is 2.63. The fourth-order valence-electron chi connectivity index (χ4n) is 1.84. The minimum Gasteiger partial charge on any atom is -0.353 e. The van der Waals surface area contributed by atoms with Crippen molar-refractivity contribution < 1.29 is 5.11 Å². The molecule has 0 unspecified atom stereocenters. The summed E-state index contributed by atoms with van der Waals surface area (Å²) in [6.07, 6.45) is 0. The SMILES string of the molecule is [O]Cc1cccc2c1Nc1ccccc1S2. The molecule has 1 heterocycles. The number of fused-ring (bicyclic) bond motifs is 2. The van der Waals surface area contributed by atoms with E-state index in [4.69, 9.17) is 0 Å². The highest BCUT2D eigenvalue weighted by Gasteiger charge is 2.17. The van der Waals surface area contributed by atoms with E-state index in [0.717, 1.165) is 21.8 Å². The van der Waals surface area contributed by atoms with Gasteiger partial charge in [-0.05, 0) is 18.2 Å². The Balaban J connectivity index is 2.12. The summed E-state index contributed by atoms with van der Waals surface area (Å²) in [4.78, 5) is 2.34. The van der Waals surface area contributed by atoms with Crippen LogP contribution in [0.4, 0.5) is 11.4 Å². The number of para-hydroxylation sites is 2. The van der Waals surface area contributed by atoms with Gasteiger partial charge >= 0.3 is 0 Å². The Morgan fingerprint density at radius 3 is 2.69 bits per heavy atom. The third-order valence-corrected chi connectivity index (χ3v) is 3.77. The van der Waals surface area contributed by atoms with Crippen LogP contribution in [0.2, 0.25) is 0 Å². The zero-order valence-electron chi connectivity index (χ0n) is 8.57. The molecule has 2 aromatic carbocycles. The molecule has 0 aromatic heterocycles. The molecule has 3 rings (SSSR count). The number of nitrogens with one attached hydrogen (secondary N) is 1. The van der Waals surface area contributed by atoms with Crippen LogP contribution in [-0.2, 0) is 11.7 Å². The molecule has 79 valence electrons. The highest BCUT2D eigenvalue weighted by Crippen LogP contribution is 2.45. The number of rotatable bonds is 1. The smallest absolute Gasteiger partial charge is 0.109 e. The molecule has 2 nitrogen and oxygen atoms in total. The van der Waals surface area contributed by atoms with Crippen molar-refractivity contribution in [1.29, 1.82) is 0 Å². The summed E-state index contributed by atoms with van der Waals surface area (Å²) in [6.45, 7) is -0.182. The quantitative estimate of drug-likeness (QED) is 0.686. The van der Waals surface area contributed by atoms with Crippen molar-refractivity contribution in [2.75, 3.05) is 5.32 Å². The molecule has 0 aliphatic carbocycles. The van der Waals surface area contributed by atoms with Crippen LogP contribution in [0.5, 0.6) is 0 Å². The van der Waals surface area contributed by atoms with E-state index in [-0.39, 0.29) is 6.61 Å².